The zero-order valence-corrected chi connectivity index (χ0v) is 13.7. The molecule has 1 saturated heterocycles. The molecule has 0 spiro atoms. The molecule has 0 aliphatic carbocycles. The molecular weight excluding hydrogens is 260 g/mol. The van der Waals surface area contributed by atoms with Crippen molar-refractivity contribution in [1.29, 1.82) is 0 Å². The lowest BCUT2D eigenvalue weighted by atomic mass is 9.93. The number of sulfone groups is 1. The first-order valence-electron chi connectivity index (χ1n) is 7.49. The number of rotatable bonds is 7. The third-order valence-electron chi connectivity index (χ3n) is 4.43. The second kappa shape index (κ2) is 7.60. The van der Waals surface area contributed by atoms with Crippen molar-refractivity contribution in [3.63, 3.8) is 0 Å². The van der Waals surface area contributed by atoms with E-state index in [2.05, 4.69) is 38.2 Å². The molecular formula is C14H30N2O2S. The molecule has 1 fully saturated rings. The van der Waals surface area contributed by atoms with Gasteiger partial charge in [0.2, 0.25) is 0 Å². The van der Waals surface area contributed by atoms with Gasteiger partial charge in [-0.3, -0.25) is 0 Å². The Kier molecular flexibility index (Phi) is 6.77. The van der Waals surface area contributed by atoms with E-state index in [9.17, 15) is 8.42 Å². The minimum absolute atomic E-state index is 0.349. The van der Waals surface area contributed by atoms with E-state index in [0.29, 0.717) is 29.5 Å². The largest absolute Gasteiger partial charge is 0.312 e. The molecule has 114 valence electrons. The summed E-state index contributed by atoms with van der Waals surface area (Å²) in [6.07, 6.45) is 3.93. The summed E-state index contributed by atoms with van der Waals surface area (Å²) in [5.41, 5.74) is 0. The molecule has 1 N–H and O–H groups in total. The molecule has 1 atom stereocenters. The highest BCUT2D eigenvalue weighted by atomic mass is 32.2. The molecule has 1 aliphatic rings. The standard InChI is InChI=1S/C14H30N2O2S/c1-5-12(6-2)14(16(3)4)11-15-13-7-9-19(17,18)10-8-13/h12-15H,5-11H2,1-4H3. The highest BCUT2D eigenvalue weighted by Crippen LogP contribution is 2.18. The van der Waals surface area contributed by atoms with Gasteiger partial charge in [-0.2, -0.15) is 0 Å². The normalized spacial score (nSPS) is 22.0. The summed E-state index contributed by atoms with van der Waals surface area (Å²) in [5.74, 6) is 1.40. The van der Waals surface area contributed by atoms with Crippen LogP contribution in [0.15, 0.2) is 0 Å². The minimum atomic E-state index is -2.75. The Hall–Kier alpha value is -0.130. The molecule has 4 nitrogen and oxygen atoms in total. The highest BCUT2D eigenvalue weighted by Gasteiger charge is 2.26. The lowest BCUT2D eigenvalue weighted by Crippen LogP contribution is -2.47. The van der Waals surface area contributed by atoms with E-state index in [1.165, 1.54) is 12.8 Å². The van der Waals surface area contributed by atoms with Crippen molar-refractivity contribution >= 4 is 9.84 Å². The van der Waals surface area contributed by atoms with Gasteiger partial charge >= 0.3 is 0 Å². The Morgan fingerprint density at radius 3 is 2.11 bits per heavy atom. The summed E-state index contributed by atoms with van der Waals surface area (Å²) in [5, 5.41) is 3.58. The first kappa shape index (κ1) is 16.9. The van der Waals surface area contributed by atoms with Gasteiger partial charge in [-0.25, -0.2) is 8.42 Å². The SMILES string of the molecule is CCC(CC)C(CNC1CCS(=O)(=O)CC1)N(C)C. The van der Waals surface area contributed by atoms with Crippen LogP contribution in [0.3, 0.4) is 0 Å². The fraction of sp³-hybridized carbons (Fsp3) is 1.00. The molecule has 1 aliphatic heterocycles. The van der Waals surface area contributed by atoms with E-state index < -0.39 is 9.84 Å². The summed E-state index contributed by atoms with van der Waals surface area (Å²) in [7, 11) is 1.52. The summed E-state index contributed by atoms with van der Waals surface area (Å²) in [6, 6.07) is 0.911. The lowest BCUT2D eigenvalue weighted by molar-refractivity contribution is 0.188. The maximum atomic E-state index is 11.4. The Morgan fingerprint density at radius 1 is 1.16 bits per heavy atom. The molecule has 1 rings (SSSR count). The average Bonchev–Trinajstić information content (AvgIpc) is 2.35. The van der Waals surface area contributed by atoms with E-state index in [0.717, 1.165) is 19.4 Å². The van der Waals surface area contributed by atoms with Crippen molar-refractivity contribution in [3.05, 3.63) is 0 Å². The molecule has 0 aromatic heterocycles. The van der Waals surface area contributed by atoms with Crippen LogP contribution in [0.2, 0.25) is 0 Å². The molecule has 0 aromatic carbocycles. The van der Waals surface area contributed by atoms with Gasteiger partial charge in [0.05, 0.1) is 11.5 Å². The summed E-state index contributed by atoms with van der Waals surface area (Å²) in [6.45, 7) is 5.46. The molecule has 1 unspecified atom stereocenters. The first-order valence-corrected chi connectivity index (χ1v) is 9.32. The number of hydrogen-bond donors (Lipinski definition) is 1. The van der Waals surface area contributed by atoms with Crippen molar-refractivity contribution in [2.24, 2.45) is 5.92 Å². The van der Waals surface area contributed by atoms with Crippen molar-refractivity contribution in [2.45, 2.75) is 51.6 Å². The fourth-order valence-electron chi connectivity index (χ4n) is 2.99. The van der Waals surface area contributed by atoms with Crippen LogP contribution in [0.25, 0.3) is 0 Å². The van der Waals surface area contributed by atoms with Gasteiger partial charge in [0.25, 0.3) is 0 Å². The Balaban J connectivity index is 2.44. The Bertz CT molecular complexity index is 336. The van der Waals surface area contributed by atoms with Crippen LogP contribution in [0, 0.1) is 5.92 Å². The molecule has 0 bridgehead atoms. The van der Waals surface area contributed by atoms with Crippen LogP contribution in [-0.2, 0) is 9.84 Å². The van der Waals surface area contributed by atoms with Crippen molar-refractivity contribution < 1.29 is 8.42 Å². The first-order chi connectivity index (χ1) is 8.89. The molecule has 0 saturated carbocycles. The number of nitrogens with zero attached hydrogens (tertiary/aromatic N) is 1. The van der Waals surface area contributed by atoms with Crippen LogP contribution < -0.4 is 5.32 Å². The lowest BCUT2D eigenvalue weighted by Gasteiger charge is -2.34. The zero-order chi connectivity index (χ0) is 14.5. The van der Waals surface area contributed by atoms with E-state index in [1.807, 2.05) is 0 Å². The van der Waals surface area contributed by atoms with Crippen LogP contribution in [-0.4, -0.2) is 57.5 Å². The summed E-state index contributed by atoms with van der Waals surface area (Å²) < 4.78 is 22.8. The van der Waals surface area contributed by atoms with Crippen molar-refractivity contribution in [3.8, 4) is 0 Å². The van der Waals surface area contributed by atoms with Gasteiger partial charge in [-0.05, 0) is 32.9 Å². The number of hydrogen-bond acceptors (Lipinski definition) is 4. The number of likely N-dealkylation sites (N-methyl/N-ethyl adjacent to an activating group) is 1. The molecule has 19 heavy (non-hydrogen) atoms. The second-order valence-electron chi connectivity index (χ2n) is 5.94. The number of nitrogens with one attached hydrogen (secondary N) is 1. The molecule has 5 heteroatoms. The quantitative estimate of drug-likeness (QED) is 0.772. The fourth-order valence-corrected chi connectivity index (χ4v) is 4.48. The van der Waals surface area contributed by atoms with Gasteiger partial charge < -0.3 is 10.2 Å². The Morgan fingerprint density at radius 2 is 1.68 bits per heavy atom. The van der Waals surface area contributed by atoms with Gasteiger partial charge in [0.15, 0.2) is 0 Å². The van der Waals surface area contributed by atoms with Crippen molar-refractivity contribution in [1.82, 2.24) is 10.2 Å². The van der Waals surface area contributed by atoms with E-state index >= 15 is 0 Å². The topological polar surface area (TPSA) is 49.4 Å². The van der Waals surface area contributed by atoms with Gasteiger partial charge in [-0.1, -0.05) is 26.7 Å². The van der Waals surface area contributed by atoms with Crippen LogP contribution in [0.1, 0.15) is 39.5 Å². The van der Waals surface area contributed by atoms with E-state index in [4.69, 9.17) is 0 Å². The minimum Gasteiger partial charge on any atom is -0.312 e. The third-order valence-corrected chi connectivity index (χ3v) is 6.14. The maximum absolute atomic E-state index is 11.4. The zero-order valence-electron chi connectivity index (χ0n) is 12.9. The predicted octanol–water partition coefficient (Wildman–Crippen LogP) is 1.52. The predicted molar refractivity (Wildman–Crippen MR) is 81.2 cm³/mol. The van der Waals surface area contributed by atoms with Crippen LogP contribution in [0.5, 0.6) is 0 Å². The average molecular weight is 290 g/mol. The van der Waals surface area contributed by atoms with E-state index in [-0.39, 0.29) is 0 Å². The maximum Gasteiger partial charge on any atom is 0.150 e. The smallest absolute Gasteiger partial charge is 0.150 e. The van der Waals surface area contributed by atoms with Gasteiger partial charge in [0, 0.05) is 18.6 Å². The molecule has 0 aromatic rings. The van der Waals surface area contributed by atoms with Crippen LogP contribution >= 0.6 is 0 Å². The summed E-state index contributed by atoms with van der Waals surface area (Å²) >= 11 is 0. The monoisotopic (exact) mass is 290 g/mol. The molecule has 0 amide bonds. The molecule has 0 radical (unpaired) electrons. The van der Waals surface area contributed by atoms with E-state index in [1.54, 1.807) is 0 Å². The third kappa shape index (κ3) is 5.40. The Labute approximate surface area is 118 Å². The summed E-state index contributed by atoms with van der Waals surface area (Å²) in [4.78, 5) is 2.30. The van der Waals surface area contributed by atoms with Gasteiger partial charge in [0.1, 0.15) is 9.84 Å². The molecule has 1 heterocycles. The van der Waals surface area contributed by atoms with Crippen molar-refractivity contribution in [2.75, 3.05) is 32.1 Å². The van der Waals surface area contributed by atoms with Crippen LogP contribution in [0.4, 0.5) is 0 Å². The second-order valence-corrected chi connectivity index (χ2v) is 8.25. The highest BCUT2D eigenvalue weighted by molar-refractivity contribution is 7.91. The van der Waals surface area contributed by atoms with Gasteiger partial charge in [-0.15, -0.1) is 0 Å².